The van der Waals surface area contributed by atoms with Gasteiger partial charge in [0.2, 0.25) is 6.79 Å². The molecule has 4 nitrogen and oxygen atoms in total. The summed E-state index contributed by atoms with van der Waals surface area (Å²) in [5, 5.41) is 0. The van der Waals surface area contributed by atoms with E-state index in [0.29, 0.717) is 17.2 Å². The van der Waals surface area contributed by atoms with Gasteiger partial charge in [-0.25, -0.2) is 0 Å². The molecule has 0 N–H and O–H groups in total. The summed E-state index contributed by atoms with van der Waals surface area (Å²) in [7, 11) is 0. The Hall–Kier alpha value is -2.49. The molecule has 0 saturated carbocycles. The molecule has 0 bridgehead atoms. The third kappa shape index (κ3) is 2.25. The highest BCUT2D eigenvalue weighted by Gasteiger charge is 2.18. The van der Waals surface area contributed by atoms with Gasteiger partial charge in [0.05, 0.1) is 0 Å². The minimum absolute atomic E-state index is 0.201. The van der Waals surface area contributed by atoms with Crippen LogP contribution in [0.15, 0.2) is 36.4 Å². The number of hydrogen-bond donors (Lipinski definition) is 0. The first-order valence-corrected chi connectivity index (χ1v) is 5.83. The van der Waals surface area contributed by atoms with Crippen molar-refractivity contribution >= 4 is 5.97 Å². The summed E-state index contributed by atoms with van der Waals surface area (Å²) in [6.07, 6.45) is 0. The predicted octanol–water partition coefficient (Wildman–Crippen LogP) is 2.81. The molecule has 1 aliphatic rings. The molecule has 0 spiro atoms. The molecule has 19 heavy (non-hydrogen) atoms. The van der Waals surface area contributed by atoms with Crippen molar-refractivity contribution in [2.45, 2.75) is 6.92 Å². The van der Waals surface area contributed by atoms with Crippen molar-refractivity contribution in [3.8, 4) is 28.4 Å². The molecule has 0 aromatic heterocycles. The molecule has 95 valence electrons. The van der Waals surface area contributed by atoms with Crippen LogP contribution >= 0.6 is 0 Å². The fourth-order valence-corrected chi connectivity index (χ4v) is 1.98. The Morgan fingerprint density at radius 3 is 3.05 bits per heavy atom. The number of esters is 1. The van der Waals surface area contributed by atoms with Crippen molar-refractivity contribution in [1.82, 2.24) is 0 Å². The topological polar surface area (TPSA) is 44.8 Å². The van der Waals surface area contributed by atoms with Crippen molar-refractivity contribution in [3.63, 3.8) is 0 Å². The fraction of sp³-hybridized carbons (Fsp3) is 0.133. The first kappa shape index (κ1) is 11.6. The standard InChI is InChI=1S/C15H11O4/c1-10(16)19-12-5-2-4-11(8-12)13-6-3-7-14-15(13)18-9-17-14/h2-6,8H,9H2,1H3. The Morgan fingerprint density at radius 2 is 2.21 bits per heavy atom. The van der Waals surface area contributed by atoms with Gasteiger partial charge in [-0.3, -0.25) is 4.79 Å². The quantitative estimate of drug-likeness (QED) is 0.611. The van der Waals surface area contributed by atoms with Gasteiger partial charge in [0.15, 0.2) is 11.5 Å². The minimum Gasteiger partial charge on any atom is -0.453 e. The first-order chi connectivity index (χ1) is 9.24. The Labute approximate surface area is 110 Å². The SMILES string of the molecule is CC(=O)Oc1cccc(-c2cc[c]c3c2OCO3)c1. The lowest BCUT2D eigenvalue weighted by molar-refractivity contribution is -0.131. The number of rotatable bonds is 2. The van der Waals surface area contributed by atoms with Gasteiger partial charge < -0.3 is 14.2 Å². The van der Waals surface area contributed by atoms with Gasteiger partial charge in [-0.1, -0.05) is 12.1 Å². The van der Waals surface area contributed by atoms with Crippen molar-refractivity contribution in [2.24, 2.45) is 0 Å². The molecule has 2 aromatic carbocycles. The van der Waals surface area contributed by atoms with Crippen LogP contribution in [0, 0.1) is 6.07 Å². The van der Waals surface area contributed by atoms with E-state index in [1.165, 1.54) is 6.92 Å². The molecule has 0 saturated heterocycles. The van der Waals surface area contributed by atoms with Crippen LogP contribution in [0.4, 0.5) is 0 Å². The van der Waals surface area contributed by atoms with Crippen molar-refractivity contribution in [1.29, 1.82) is 0 Å². The number of carbonyl (C=O) groups is 1. The Bertz CT molecular complexity index is 634. The molecule has 0 aliphatic carbocycles. The zero-order chi connectivity index (χ0) is 13.2. The normalized spacial score (nSPS) is 12.3. The van der Waals surface area contributed by atoms with E-state index in [-0.39, 0.29) is 12.8 Å². The first-order valence-electron chi connectivity index (χ1n) is 5.83. The minimum atomic E-state index is -0.344. The van der Waals surface area contributed by atoms with E-state index in [0.717, 1.165) is 11.1 Å². The fourth-order valence-electron chi connectivity index (χ4n) is 1.98. The molecular formula is C15H11O4. The summed E-state index contributed by atoms with van der Waals surface area (Å²) in [4.78, 5) is 11.0. The molecule has 0 unspecified atom stereocenters. The molecule has 1 heterocycles. The maximum absolute atomic E-state index is 11.0. The van der Waals surface area contributed by atoms with Crippen LogP contribution < -0.4 is 14.2 Å². The van der Waals surface area contributed by atoms with Crippen LogP contribution in [-0.2, 0) is 4.79 Å². The lowest BCUT2D eigenvalue weighted by Gasteiger charge is -2.07. The molecule has 0 amide bonds. The van der Waals surface area contributed by atoms with Crippen LogP contribution in [0.2, 0.25) is 0 Å². The summed E-state index contributed by atoms with van der Waals surface area (Å²) < 4.78 is 15.8. The van der Waals surface area contributed by atoms with Crippen LogP contribution in [0.1, 0.15) is 6.92 Å². The van der Waals surface area contributed by atoms with E-state index in [1.54, 1.807) is 18.2 Å². The number of fused-ring (bicyclic) bond motifs is 1. The highest BCUT2D eigenvalue weighted by atomic mass is 16.7. The Balaban J connectivity index is 2.03. The third-order valence-corrected chi connectivity index (χ3v) is 2.73. The van der Waals surface area contributed by atoms with Gasteiger partial charge in [-0.15, -0.1) is 0 Å². The van der Waals surface area contributed by atoms with Crippen LogP contribution in [0.5, 0.6) is 17.2 Å². The number of ether oxygens (including phenoxy) is 3. The Kier molecular flexibility index (Phi) is 2.83. The lowest BCUT2D eigenvalue weighted by Crippen LogP contribution is -2.01. The molecule has 4 heteroatoms. The second-order valence-corrected chi connectivity index (χ2v) is 4.08. The van der Waals surface area contributed by atoms with E-state index in [9.17, 15) is 4.79 Å². The monoisotopic (exact) mass is 255 g/mol. The van der Waals surface area contributed by atoms with Crippen LogP contribution in [0.25, 0.3) is 11.1 Å². The van der Waals surface area contributed by atoms with Gasteiger partial charge >= 0.3 is 5.97 Å². The third-order valence-electron chi connectivity index (χ3n) is 2.73. The molecule has 3 rings (SSSR count). The van der Waals surface area contributed by atoms with Crippen molar-refractivity contribution < 1.29 is 19.0 Å². The number of benzene rings is 2. The van der Waals surface area contributed by atoms with E-state index < -0.39 is 0 Å². The zero-order valence-electron chi connectivity index (χ0n) is 10.3. The second kappa shape index (κ2) is 4.65. The second-order valence-electron chi connectivity index (χ2n) is 4.08. The highest BCUT2D eigenvalue weighted by Crippen LogP contribution is 2.41. The van der Waals surface area contributed by atoms with Crippen molar-refractivity contribution in [3.05, 3.63) is 42.5 Å². The van der Waals surface area contributed by atoms with Gasteiger partial charge in [0.25, 0.3) is 0 Å². The van der Waals surface area contributed by atoms with E-state index in [1.807, 2.05) is 18.2 Å². The van der Waals surface area contributed by atoms with Gasteiger partial charge in [0, 0.05) is 18.6 Å². The number of hydrogen-bond acceptors (Lipinski definition) is 4. The zero-order valence-corrected chi connectivity index (χ0v) is 10.3. The summed E-state index contributed by atoms with van der Waals surface area (Å²) in [5.41, 5.74) is 1.79. The van der Waals surface area contributed by atoms with E-state index in [2.05, 4.69) is 6.07 Å². The summed E-state index contributed by atoms with van der Waals surface area (Å²) >= 11 is 0. The average Bonchev–Trinajstić information content (AvgIpc) is 2.86. The average molecular weight is 255 g/mol. The molecule has 2 aromatic rings. The molecular weight excluding hydrogens is 244 g/mol. The van der Waals surface area contributed by atoms with E-state index in [4.69, 9.17) is 14.2 Å². The van der Waals surface area contributed by atoms with Gasteiger partial charge in [-0.2, -0.15) is 0 Å². The Morgan fingerprint density at radius 1 is 1.32 bits per heavy atom. The van der Waals surface area contributed by atoms with Crippen LogP contribution in [-0.4, -0.2) is 12.8 Å². The largest absolute Gasteiger partial charge is 0.453 e. The maximum atomic E-state index is 11.0. The van der Waals surface area contributed by atoms with Gasteiger partial charge in [0.1, 0.15) is 5.75 Å². The van der Waals surface area contributed by atoms with E-state index >= 15 is 0 Å². The summed E-state index contributed by atoms with van der Waals surface area (Å²) in [6.45, 7) is 1.57. The highest BCUT2D eigenvalue weighted by molar-refractivity contribution is 5.76. The van der Waals surface area contributed by atoms with Gasteiger partial charge in [-0.05, 0) is 29.8 Å². The van der Waals surface area contributed by atoms with Crippen LogP contribution in [0.3, 0.4) is 0 Å². The molecule has 1 aliphatic heterocycles. The maximum Gasteiger partial charge on any atom is 0.308 e. The molecule has 1 radical (unpaired) electrons. The lowest BCUT2D eigenvalue weighted by atomic mass is 10.0. The molecule has 0 fully saturated rings. The number of carbonyl (C=O) groups excluding carboxylic acids is 1. The smallest absolute Gasteiger partial charge is 0.308 e. The summed E-state index contributed by atoms with van der Waals surface area (Å²) in [5.74, 6) is 1.44. The summed E-state index contributed by atoms with van der Waals surface area (Å²) in [6, 6.07) is 13.9. The predicted molar refractivity (Wildman–Crippen MR) is 68.1 cm³/mol. The van der Waals surface area contributed by atoms with Crippen molar-refractivity contribution in [2.75, 3.05) is 6.79 Å². The molecule has 0 atom stereocenters.